The van der Waals surface area contributed by atoms with Crippen molar-refractivity contribution in [2.75, 3.05) is 13.1 Å². The van der Waals surface area contributed by atoms with E-state index in [9.17, 15) is 0 Å². The first-order chi connectivity index (χ1) is 6.75. The highest BCUT2D eigenvalue weighted by atomic mass is 14.9. The van der Waals surface area contributed by atoms with E-state index in [2.05, 4.69) is 22.2 Å². The van der Waals surface area contributed by atoms with Crippen LogP contribution in [-0.4, -0.2) is 23.1 Å². The van der Waals surface area contributed by atoms with Crippen molar-refractivity contribution < 1.29 is 0 Å². The molecule has 1 aromatic heterocycles. The lowest BCUT2D eigenvalue weighted by Gasteiger charge is -2.27. The first kappa shape index (κ1) is 9.59. The highest BCUT2D eigenvalue weighted by Crippen LogP contribution is 2.24. The van der Waals surface area contributed by atoms with Crippen molar-refractivity contribution in [2.45, 2.75) is 26.2 Å². The lowest BCUT2D eigenvalue weighted by atomic mass is 9.90. The van der Waals surface area contributed by atoms with Gasteiger partial charge in [-0.05, 0) is 25.8 Å². The minimum Gasteiger partial charge on any atom is -0.316 e. The molecule has 1 saturated heterocycles. The Morgan fingerprint density at radius 1 is 1.36 bits per heavy atom. The summed E-state index contributed by atoms with van der Waals surface area (Å²) >= 11 is 0. The third-order valence-corrected chi connectivity index (χ3v) is 2.76. The Labute approximate surface area is 85.0 Å². The number of hydrogen-bond donors (Lipinski definition) is 1. The van der Waals surface area contributed by atoms with E-state index in [-0.39, 0.29) is 0 Å². The summed E-state index contributed by atoms with van der Waals surface area (Å²) in [5.41, 5.74) is 2.16. The zero-order valence-electron chi connectivity index (χ0n) is 8.83. The fourth-order valence-corrected chi connectivity index (χ4v) is 2.06. The van der Waals surface area contributed by atoms with Crippen molar-refractivity contribution in [3.63, 3.8) is 0 Å². The molecule has 2 rings (SSSR count). The Bertz CT molecular complexity index is 311. The maximum absolute atomic E-state index is 4.53. The molecule has 0 aromatic carbocycles. The Kier molecular flexibility index (Phi) is 2.77. The summed E-state index contributed by atoms with van der Waals surface area (Å²) in [5, 5.41) is 3.43. The van der Waals surface area contributed by atoms with E-state index in [0.717, 1.165) is 30.4 Å². The molecule has 1 aliphatic heterocycles. The number of rotatable bonds is 1. The van der Waals surface area contributed by atoms with Gasteiger partial charge in [-0.25, -0.2) is 0 Å². The van der Waals surface area contributed by atoms with Gasteiger partial charge in [-0.1, -0.05) is 6.92 Å². The number of aromatic nitrogens is 2. The van der Waals surface area contributed by atoms with Crippen LogP contribution < -0.4 is 5.32 Å². The van der Waals surface area contributed by atoms with E-state index in [1.807, 2.05) is 19.3 Å². The van der Waals surface area contributed by atoms with Crippen molar-refractivity contribution >= 4 is 0 Å². The molecule has 1 aliphatic rings. The second kappa shape index (κ2) is 4.05. The van der Waals surface area contributed by atoms with Gasteiger partial charge in [0.15, 0.2) is 0 Å². The summed E-state index contributed by atoms with van der Waals surface area (Å²) < 4.78 is 0. The minimum atomic E-state index is 0.547. The SMILES string of the molecule is Cc1cncc(C2CNCC(C)C2)n1. The largest absolute Gasteiger partial charge is 0.316 e. The van der Waals surface area contributed by atoms with Crippen molar-refractivity contribution in [1.82, 2.24) is 15.3 Å². The van der Waals surface area contributed by atoms with E-state index >= 15 is 0 Å². The van der Waals surface area contributed by atoms with E-state index < -0.39 is 0 Å². The third kappa shape index (κ3) is 2.10. The second-order valence-electron chi connectivity index (χ2n) is 4.28. The van der Waals surface area contributed by atoms with Gasteiger partial charge < -0.3 is 5.32 Å². The summed E-state index contributed by atoms with van der Waals surface area (Å²) in [6, 6.07) is 0. The van der Waals surface area contributed by atoms with Gasteiger partial charge in [-0.15, -0.1) is 0 Å². The van der Waals surface area contributed by atoms with Crippen LogP contribution in [0, 0.1) is 12.8 Å². The summed E-state index contributed by atoms with van der Waals surface area (Å²) in [7, 11) is 0. The third-order valence-electron chi connectivity index (χ3n) is 2.76. The average Bonchev–Trinajstić information content (AvgIpc) is 2.18. The summed E-state index contributed by atoms with van der Waals surface area (Å²) in [4.78, 5) is 8.72. The van der Waals surface area contributed by atoms with E-state index in [1.165, 1.54) is 6.42 Å². The van der Waals surface area contributed by atoms with Gasteiger partial charge in [0, 0.05) is 24.9 Å². The topological polar surface area (TPSA) is 37.8 Å². The molecule has 1 aromatic rings. The lowest BCUT2D eigenvalue weighted by molar-refractivity contribution is 0.359. The molecule has 2 atom stereocenters. The molecule has 3 heteroatoms. The van der Waals surface area contributed by atoms with Crippen molar-refractivity contribution in [1.29, 1.82) is 0 Å². The maximum atomic E-state index is 4.53. The van der Waals surface area contributed by atoms with Crippen LogP contribution in [0.2, 0.25) is 0 Å². The quantitative estimate of drug-likeness (QED) is 0.731. The number of aryl methyl sites for hydroxylation is 1. The Hall–Kier alpha value is -0.960. The van der Waals surface area contributed by atoms with Crippen molar-refractivity contribution in [2.24, 2.45) is 5.92 Å². The van der Waals surface area contributed by atoms with Crippen LogP contribution in [-0.2, 0) is 0 Å². The van der Waals surface area contributed by atoms with Crippen molar-refractivity contribution in [3.05, 3.63) is 23.8 Å². The predicted octanol–water partition coefficient (Wildman–Crippen LogP) is 1.50. The smallest absolute Gasteiger partial charge is 0.0633 e. The molecule has 1 fully saturated rings. The molecule has 0 bridgehead atoms. The Balaban J connectivity index is 2.14. The molecule has 0 radical (unpaired) electrons. The molecule has 0 spiro atoms. The molecular formula is C11H17N3. The van der Waals surface area contributed by atoms with Gasteiger partial charge in [0.05, 0.1) is 11.4 Å². The second-order valence-corrected chi connectivity index (χ2v) is 4.28. The van der Waals surface area contributed by atoms with Crippen LogP contribution >= 0.6 is 0 Å². The van der Waals surface area contributed by atoms with Gasteiger partial charge in [0.25, 0.3) is 0 Å². The van der Waals surface area contributed by atoms with Gasteiger partial charge >= 0.3 is 0 Å². The molecule has 76 valence electrons. The van der Waals surface area contributed by atoms with Crippen molar-refractivity contribution in [3.8, 4) is 0 Å². The molecule has 2 unspecified atom stereocenters. The zero-order valence-corrected chi connectivity index (χ0v) is 8.83. The number of piperidine rings is 1. The minimum absolute atomic E-state index is 0.547. The number of hydrogen-bond acceptors (Lipinski definition) is 3. The normalized spacial score (nSPS) is 27.6. The van der Waals surface area contributed by atoms with Crippen LogP contribution in [0.25, 0.3) is 0 Å². The van der Waals surface area contributed by atoms with Crippen LogP contribution in [0.3, 0.4) is 0 Å². The Morgan fingerprint density at radius 2 is 2.21 bits per heavy atom. The summed E-state index contributed by atoms with van der Waals surface area (Å²) in [5.74, 6) is 1.29. The first-order valence-corrected chi connectivity index (χ1v) is 5.25. The molecule has 3 nitrogen and oxygen atoms in total. The standard InChI is InChI=1S/C11H17N3/c1-8-3-10(6-12-4-8)11-7-13-5-9(2)14-11/h5,7-8,10,12H,3-4,6H2,1-2H3. The van der Waals surface area contributed by atoms with E-state index in [4.69, 9.17) is 0 Å². The summed E-state index contributed by atoms with van der Waals surface area (Å²) in [6.45, 7) is 6.46. The molecule has 1 N–H and O–H groups in total. The fourth-order valence-electron chi connectivity index (χ4n) is 2.06. The first-order valence-electron chi connectivity index (χ1n) is 5.25. The molecule has 0 aliphatic carbocycles. The van der Waals surface area contributed by atoms with E-state index in [0.29, 0.717) is 5.92 Å². The maximum Gasteiger partial charge on any atom is 0.0633 e. The highest BCUT2D eigenvalue weighted by Gasteiger charge is 2.21. The lowest BCUT2D eigenvalue weighted by Crippen LogP contribution is -2.34. The van der Waals surface area contributed by atoms with Gasteiger partial charge in [0.2, 0.25) is 0 Å². The molecule has 0 amide bonds. The molecule has 0 saturated carbocycles. The van der Waals surface area contributed by atoms with Crippen LogP contribution in [0.5, 0.6) is 0 Å². The Morgan fingerprint density at radius 3 is 2.93 bits per heavy atom. The fraction of sp³-hybridized carbons (Fsp3) is 0.636. The van der Waals surface area contributed by atoms with Gasteiger partial charge in [0.1, 0.15) is 0 Å². The van der Waals surface area contributed by atoms with Gasteiger partial charge in [-0.3, -0.25) is 9.97 Å². The average molecular weight is 191 g/mol. The van der Waals surface area contributed by atoms with Gasteiger partial charge in [-0.2, -0.15) is 0 Å². The number of nitrogens with zero attached hydrogens (tertiary/aromatic N) is 2. The zero-order chi connectivity index (χ0) is 9.97. The predicted molar refractivity (Wildman–Crippen MR) is 56.2 cm³/mol. The van der Waals surface area contributed by atoms with Crippen LogP contribution in [0.1, 0.15) is 30.7 Å². The number of nitrogens with one attached hydrogen (secondary N) is 1. The summed E-state index contributed by atoms with van der Waals surface area (Å²) in [6.07, 6.45) is 4.94. The van der Waals surface area contributed by atoms with Crippen LogP contribution in [0.4, 0.5) is 0 Å². The molecule has 2 heterocycles. The van der Waals surface area contributed by atoms with Crippen LogP contribution in [0.15, 0.2) is 12.4 Å². The van der Waals surface area contributed by atoms with E-state index in [1.54, 1.807) is 0 Å². The molecule has 14 heavy (non-hydrogen) atoms. The molecular weight excluding hydrogens is 174 g/mol. The highest BCUT2D eigenvalue weighted by molar-refractivity contribution is 5.09. The monoisotopic (exact) mass is 191 g/mol.